The van der Waals surface area contributed by atoms with Gasteiger partial charge >= 0.3 is 0 Å². The number of hydrogen-bond acceptors (Lipinski definition) is 2. The van der Waals surface area contributed by atoms with E-state index >= 15 is 0 Å². The highest BCUT2D eigenvalue weighted by molar-refractivity contribution is 9.10. The molecule has 2 aromatic carbocycles. The number of aromatic nitrogens is 2. The summed E-state index contributed by atoms with van der Waals surface area (Å²) in [5.74, 6) is 0. The molecule has 3 nitrogen and oxygen atoms in total. The highest BCUT2D eigenvalue weighted by atomic mass is 79.9. The Kier molecular flexibility index (Phi) is 3.97. The van der Waals surface area contributed by atoms with E-state index in [4.69, 9.17) is 0 Å². The van der Waals surface area contributed by atoms with Gasteiger partial charge in [0, 0.05) is 39.9 Å². The van der Waals surface area contributed by atoms with E-state index in [0.29, 0.717) is 6.04 Å². The number of fused-ring (bicyclic) bond motifs is 1. The summed E-state index contributed by atoms with van der Waals surface area (Å²) in [4.78, 5) is 0. The Labute approximate surface area is 133 Å². The molecule has 1 heterocycles. The van der Waals surface area contributed by atoms with E-state index in [1.807, 2.05) is 10.9 Å². The van der Waals surface area contributed by atoms with Crippen LogP contribution in [0.25, 0.3) is 10.8 Å². The van der Waals surface area contributed by atoms with Gasteiger partial charge in [-0.15, -0.1) is 0 Å². The minimum atomic E-state index is 0.396. The topological polar surface area (TPSA) is 29.9 Å². The van der Waals surface area contributed by atoms with Gasteiger partial charge in [-0.1, -0.05) is 40.2 Å². The minimum absolute atomic E-state index is 0.396. The average Bonchev–Trinajstić information content (AvgIpc) is 2.96. The molecule has 0 spiro atoms. The molecule has 0 saturated heterocycles. The predicted octanol–water partition coefficient (Wildman–Crippen LogP) is 4.99. The summed E-state index contributed by atoms with van der Waals surface area (Å²) in [6.45, 7) is 5.04. The van der Waals surface area contributed by atoms with Gasteiger partial charge in [0.25, 0.3) is 0 Å². The van der Waals surface area contributed by atoms with Gasteiger partial charge in [0.1, 0.15) is 0 Å². The quantitative estimate of drug-likeness (QED) is 0.722. The molecule has 1 N–H and O–H groups in total. The molecule has 108 valence electrons. The molecule has 0 atom stereocenters. The second kappa shape index (κ2) is 5.90. The predicted molar refractivity (Wildman–Crippen MR) is 91.6 cm³/mol. The van der Waals surface area contributed by atoms with Crippen LogP contribution in [-0.2, 0) is 6.54 Å². The van der Waals surface area contributed by atoms with Gasteiger partial charge in [-0.05, 0) is 31.4 Å². The molecule has 21 heavy (non-hydrogen) atoms. The van der Waals surface area contributed by atoms with Crippen LogP contribution >= 0.6 is 15.9 Å². The highest BCUT2D eigenvalue weighted by Gasteiger charge is 2.05. The maximum Gasteiger partial charge on any atom is 0.0539 e. The van der Waals surface area contributed by atoms with E-state index in [-0.39, 0.29) is 0 Å². The normalized spacial score (nSPS) is 11.2. The zero-order valence-corrected chi connectivity index (χ0v) is 13.8. The van der Waals surface area contributed by atoms with Crippen LogP contribution in [0.5, 0.6) is 0 Å². The van der Waals surface area contributed by atoms with Crippen molar-refractivity contribution >= 4 is 32.4 Å². The second-order valence-electron chi connectivity index (χ2n) is 5.42. The third kappa shape index (κ3) is 2.95. The molecule has 0 bridgehead atoms. The smallest absolute Gasteiger partial charge is 0.0539 e. The number of halogens is 1. The molecule has 0 fully saturated rings. The summed E-state index contributed by atoms with van der Waals surface area (Å²) in [6, 6.07) is 13.0. The maximum atomic E-state index is 4.37. The Balaban J connectivity index is 1.83. The van der Waals surface area contributed by atoms with Crippen molar-refractivity contribution < 1.29 is 0 Å². The van der Waals surface area contributed by atoms with E-state index in [2.05, 4.69) is 82.8 Å². The zero-order chi connectivity index (χ0) is 14.8. The summed E-state index contributed by atoms with van der Waals surface area (Å²) in [5, 5.41) is 10.3. The van der Waals surface area contributed by atoms with E-state index in [1.165, 1.54) is 16.3 Å². The fourth-order valence-electron chi connectivity index (χ4n) is 2.36. The van der Waals surface area contributed by atoms with Crippen molar-refractivity contribution in [3.05, 3.63) is 58.8 Å². The van der Waals surface area contributed by atoms with Gasteiger partial charge in [-0.25, -0.2) is 0 Å². The second-order valence-corrected chi connectivity index (χ2v) is 6.27. The number of nitrogens with one attached hydrogen (secondary N) is 1. The number of hydrogen-bond donors (Lipinski definition) is 1. The number of benzene rings is 2. The van der Waals surface area contributed by atoms with Crippen molar-refractivity contribution in [1.82, 2.24) is 9.78 Å². The first-order valence-electron chi connectivity index (χ1n) is 7.09. The molecule has 0 saturated carbocycles. The number of nitrogens with zero attached hydrogens (tertiary/aromatic N) is 2. The SMILES string of the molecule is CC(C)n1cc(CNc2ccc(Br)c3ccccc23)cn1. The van der Waals surface area contributed by atoms with E-state index in [9.17, 15) is 0 Å². The Hall–Kier alpha value is -1.81. The van der Waals surface area contributed by atoms with Crippen LogP contribution in [-0.4, -0.2) is 9.78 Å². The first-order chi connectivity index (χ1) is 10.1. The summed E-state index contributed by atoms with van der Waals surface area (Å²) in [6.07, 6.45) is 4.02. The molecule has 3 aromatic rings. The summed E-state index contributed by atoms with van der Waals surface area (Å²) in [7, 11) is 0. The van der Waals surface area contributed by atoms with Crippen molar-refractivity contribution in [2.45, 2.75) is 26.4 Å². The van der Waals surface area contributed by atoms with E-state index < -0.39 is 0 Å². The number of rotatable bonds is 4. The van der Waals surface area contributed by atoms with Crippen LogP contribution in [0, 0.1) is 0 Å². The first-order valence-corrected chi connectivity index (χ1v) is 7.88. The molecule has 3 rings (SSSR count). The lowest BCUT2D eigenvalue weighted by atomic mass is 10.1. The van der Waals surface area contributed by atoms with Crippen LogP contribution in [0.2, 0.25) is 0 Å². The van der Waals surface area contributed by atoms with E-state index in [0.717, 1.165) is 16.7 Å². The Morgan fingerprint density at radius 2 is 1.90 bits per heavy atom. The molecule has 0 aliphatic heterocycles. The van der Waals surface area contributed by atoms with Crippen LogP contribution in [0.3, 0.4) is 0 Å². The minimum Gasteiger partial charge on any atom is -0.380 e. The maximum absolute atomic E-state index is 4.37. The Bertz CT molecular complexity index is 762. The van der Waals surface area contributed by atoms with Crippen LogP contribution < -0.4 is 5.32 Å². The molecule has 4 heteroatoms. The standard InChI is InChI=1S/C17H18BrN3/c1-12(2)21-11-13(10-20-21)9-19-17-8-7-16(18)14-5-3-4-6-15(14)17/h3-8,10-12,19H,9H2,1-2H3. The van der Waals surface area contributed by atoms with Crippen LogP contribution in [0.4, 0.5) is 5.69 Å². The van der Waals surface area contributed by atoms with Gasteiger partial charge in [0.15, 0.2) is 0 Å². The zero-order valence-electron chi connectivity index (χ0n) is 12.2. The van der Waals surface area contributed by atoms with Crippen molar-refractivity contribution in [3.63, 3.8) is 0 Å². The third-order valence-corrected chi connectivity index (χ3v) is 4.23. The molecule has 0 aliphatic rings. The molecule has 0 radical (unpaired) electrons. The largest absolute Gasteiger partial charge is 0.380 e. The molecule has 1 aromatic heterocycles. The monoisotopic (exact) mass is 343 g/mol. The van der Waals surface area contributed by atoms with Gasteiger partial charge < -0.3 is 5.32 Å². The lowest BCUT2D eigenvalue weighted by molar-refractivity contribution is 0.532. The summed E-state index contributed by atoms with van der Waals surface area (Å²) >= 11 is 3.61. The molecular formula is C17H18BrN3. The summed E-state index contributed by atoms with van der Waals surface area (Å²) < 4.78 is 3.10. The van der Waals surface area contributed by atoms with E-state index in [1.54, 1.807) is 0 Å². The molecular weight excluding hydrogens is 326 g/mol. The average molecular weight is 344 g/mol. The highest BCUT2D eigenvalue weighted by Crippen LogP contribution is 2.30. The molecule has 0 aliphatic carbocycles. The van der Waals surface area contributed by atoms with Gasteiger partial charge in [0.05, 0.1) is 6.20 Å². The van der Waals surface area contributed by atoms with Crippen LogP contribution in [0.1, 0.15) is 25.5 Å². The fraction of sp³-hybridized carbons (Fsp3) is 0.235. The van der Waals surface area contributed by atoms with Gasteiger partial charge in [-0.2, -0.15) is 5.10 Å². The van der Waals surface area contributed by atoms with Gasteiger partial charge in [0.2, 0.25) is 0 Å². The van der Waals surface area contributed by atoms with Crippen molar-refractivity contribution in [2.24, 2.45) is 0 Å². The summed E-state index contributed by atoms with van der Waals surface area (Å²) in [5.41, 5.74) is 2.33. The van der Waals surface area contributed by atoms with Crippen molar-refractivity contribution in [3.8, 4) is 0 Å². The lowest BCUT2D eigenvalue weighted by Crippen LogP contribution is -2.01. The third-order valence-electron chi connectivity index (χ3n) is 3.54. The van der Waals surface area contributed by atoms with Crippen LogP contribution in [0.15, 0.2) is 53.3 Å². The lowest BCUT2D eigenvalue weighted by Gasteiger charge is -2.10. The number of anilines is 1. The first kappa shape index (κ1) is 14.1. The molecule has 0 unspecified atom stereocenters. The fourth-order valence-corrected chi connectivity index (χ4v) is 2.84. The molecule has 0 amide bonds. The van der Waals surface area contributed by atoms with Crippen molar-refractivity contribution in [2.75, 3.05) is 5.32 Å². The van der Waals surface area contributed by atoms with Gasteiger partial charge in [-0.3, -0.25) is 4.68 Å². The Morgan fingerprint density at radius 3 is 2.62 bits per heavy atom. The van der Waals surface area contributed by atoms with Crippen molar-refractivity contribution in [1.29, 1.82) is 0 Å². The Morgan fingerprint density at radius 1 is 1.14 bits per heavy atom.